The number of H-pyrrole nitrogens is 1. The Morgan fingerprint density at radius 2 is 2.27 bits per heavy atom. The van der Waals surface area contributed by atoms with Crippen LogP contribution in [0.2, 0.25) is 0 Å². The second-order valence-electron chi connectivity index (χ2n) is 3.48. The quantitative estimate of drug-likeness (QED) is 0.815. The van der Waals surface area contributed by atoms with Crippen LogP contribution in [0.3, 0.4) is 0 Å². The molecule has 2 rings (SSSR count). The first-order valence-electron chi connectivity index (χ1n) is 4.86. The lowest BCUT2D eigenvalue weighted by Crippen LogP contribution is -2.14. The van der Waals surface area contributed by atoms with Crippen molar-refractivity contribution in [3.63, 3.8) is 0 Å². The zero-order chi connectivity index (χ0) is 10.7. The van der Waals surface area contributed by atoms with Gasteiger partial charge in [0.05, 0.1) is 0 Å². The fourth-order valence-electron chi connectivity index (χ4n) is 1.63. The van der Waals surface area contributed by atoms with Gasteiger partial charge in [-0.3, -0.25) is 0 Å². The largest absolute Gasteiger partial charge is 0.361 e. The molecule has 0 aliphatic rings. The molecule has 0 saturated carbocycles. The second kappa shape index (κ2) is 4.51. The van der Waals surface area contributed by atoms with Gasteiger partial charge in [-0.05, 0) is 17.0 Å². The zero-order valence-corrected chi connectivity index (χ0v) is 9.14. The van der Waals surface area contributed by atoms with Gasteiger partial charge < -0.3 is 10.3 Å². The number of aromatic amines is 1. The summed E-state index contributed by atoms with van der Waals surface area (Å²) in [6.07, 6.45) is 1.95. The van der Waals surface area contributed by atoms with Crippen LogP contribution in [0.15, 0.2) is 42.1 Å². The summed E-state index contributed by atoms with van der Waals surface area (Å²) in [5, 5.41) is 5.10. The lowest BCUT2D eigenvalue weighted by Gasteiger charge is -2.04. The Labute approximate surface area is 93.9 Å². The first-order chi connectivity index (χ1) is 7.27. The minimum atomic E-state index is 0.633. The number of para-hydroxylation sites is 1. The number of aromatic nitrogens is 1. The van der Waals surface area contributed by atoms with Gasteiger partial charge in [-0.2, -0.15) is 0 Å². The SMILES string of the molecule is C=C(Cl)CNCc1cccc2cc[nH]c12. The lowest BCUT2D eigenvalue weighted by molar-refractivity contribution is 0.758. The van der Waals surface area contributed by atoms with Crippen molar-refractivity contribution in [2.24, 2.45) is 0 Å². The van der Waals surface area contributed by atoms with Gasteiger partial charge in [0.15, 0.2) is 0 Å². The third-order valence-corrected chi connectivity index (χ3v) is 2.44. The molecule has 1 aromatic heterocycles. The Bertz CT molecular complexity index is 473. The van der Waals surface area contributed by atoms with Crippen LogP contribution in [-0.2, 0) is 6.54 Å². The van der Waals surface area contributed by atoms with E-state index in [2.05, 4.69) is 41.1 Å². The van der Waals surface area contributed by atoms with E-state index in [0.717, 1.165) is 6.54 Å². The molecule has 2 N–H and O–H groups in total. The second-order valence-corrected chi connectivity index (χ2v) is 4.01. The number of halogens is 1. The number of fused-ring (bicyclic) bond motifs is 1. The summed E-state index contributed by atoms with van der Waals surface area (Å²) in [4.78, 5) is 3.23. The average Bonchev–Trinajstić information content (AvgIpc) is 2.65. The molecule has 15 heavy (non-hydrogen) atoms. The van der Waals surface area contributed by atoms with E-state index in [9.17, 15) is 0 Å². The van der Waals surface area contributed by atoms with Crippen LogP contribution in [0.25, 0.3) is 10.9 Å². The van der Waals surface area contributed by atoms with Crippen molar-refractivity contribution < 1.29 is 0 Å². The molecule has 3 heteroatoms. The highest BCUT2D eigenvalue weighted by molar-refractivity contribution is 6.29. The normalized spacial score (nSPS) is 10.7. The molecular formula is C12H13ClN2. The smallest absolute Gasteiger partial charge is 0.0499 e. The molecule has 0 unspecified atom stereocenters. The third kappa shape index (κ3) is 2.41. The molecule has 1 heterocycles. The monoisotopic (exact) mass is 220 g/mol. The van der Waals surface area contributed by atoms with Gasteiger partial charge in [0.25, 0.3) is 0 Å². The molecule has 1 aromatic carbocycles. The van der Waals surface area contributed by atoms with Crippen LogP contribution >= 0.6 is 11.6 Å². The highest BCUT2D eigenvalue weighted by Crippen LogP contribution is 2.16. The topological polar surface area (TPSA) is 27.8 Å². The summed E-state index contributed by atoms with van der Waals surface area (Å²) in [5.74, 6) is 0. The summed E-state index contributed by atoms with van der Waals surface area (Å²) in [7, 11) is 0. The molecule has 0 radical (unpaired) electrons. The molecule has 0 saturated heterocycles. The maximum atomic E-state index is 5.68. The first kappa shape index (κ1) is 10.3. The van der Waals surface area contributed by atoms with Crippen LogP contribution in [-0.4, -0.2) is 11.5 Å². The molecule has 0 amide bonds. The number of hydrogen-bond acceptors (Lipinski definition) is 1. The van der Waals surface area contributed by atoms with Gasteiger partial charge in [-0.1, -0.05) is 36.4 Å². The number of hydrogen-bond donors (Lipinski definition) is 2. The van der Waals surface area contributed by atoms with Crippen molar-refractivity contribution in [3.05, 3.63) is 47.6 Å². The Balaban J connectivity index is 2.13. The predicted molar refractivity (Wildman–Crippen MR) is 65.0 cm³/mol. The zero-order valence-electron chi connectivity index (χ0n) is 8.39. The molecule has 0 bridgehead atoms. The summed E-state index contributed by atoms with van der Waals surface area (Å²) >= 11 is 5.68. The Morgan fingerprint density at radius 3 is 3.07 bits per heavy atom. The van der Waals surface area contributed by atoms with Gasteiger partial charge in [0, 0.05) is 29.8 Å². The van der Waals surface area contributed by atoms with Crippen LogP contribution in [0.5, 0.6) is 0 Å². The van der Waals surface area contributed by atoms with Gasteiger partial charge >= 0.3 is 0 Å². The molecular weight excluding hydrogens is 208 g/mol. The number of nitrogens with one attached hydrogen (secondary N) is 2. The predicted octanol–water partition coefficient (Wildman–Crippen LogP) is 3.01. The minimum Gasteiger partial charge on any atom is -0.361 e. The fraction of sp³-hybridized carbons (Fsp3) is 0.167. The van der Waals surface area contributed by atoms with E-state index < -0.39 is 0 Å². The number of benzene rings is 1. The van der Waals surface area contributed by atoms with Gasteiger partial charge in [0.1, 0.15) is 0 Å². The van der Waals surface area contributed by atoms with Crippen molar-refractivity contribution in [2.45, 2.75) is 6.54 Å². The molecule has 0 atom stereocenters. The summed E-state index contributed by atoms with van der Waals surface area (Å²) in [5.41, 5.74) is 2.43. The van der Waals surface area contributed by atoms with Crippen molar-refractivity contribution in [1.82, 2.24) is 10.3 Å². The highest BCUT2D eigenvalue weighted by Gasteiger charge is 2.00. The van der Waals surface area contributed by atoms with E-state index >= 15 is 0 Å². The average molecular weight is 221 g/mol. The molecule has 2 nitrogen and oxygen atoms in total. The van der Waals surface area contributed by atoms with Gasteiger partial charge in [0.2, 0.25) is 0 Å². The number of rotatable bonds is 4. The van der Waals surface area contributed by atoms with Crippen molar-refractivity contribution >= 4 is 22.5 Å². The standard InChI is InChI=1S/C12H13ClN2/c1-9(13)7-14-8-11-4-2-3-10-5-6-15-12(10)11/h2-6,14-15H,1,7-8H2. The van der Waals surface area contributed by atoms with Gasteiger partial charge in [-0.25, -0.2) is 0 Å². The van der Waals surface area contributed by atoms with Crippen LogP contribution in [0.4, 0.5) is 0 Å². The Hall–Kier alpha value is -1.25. The van der Waals surface area contributed by atoms with E-state index in [0.29, 0.717) is 11.6 Å². The van der Waals surface area contributed by atoms with Crippen molar-refractivity contribution in [2.75, 3.05) is 6.54 Å². The van der Waals surface area contributed by atoms with E-state index in [1.807, 2.05) is 6.20 Å². The molecule has 0 fully saturated rings. The first-order valence-corrected chi connectivity index (χ1v) is 5.24. The Kier molecular flexibility index (Phi) is 3.09. The third-order valence-electron chi connectivity index (χ3n) is 2.31. The van der Waals surface area contributed by atoms with Crippen LogP contribution in [0, 0.1) is 0 Å². The van der Waals surface area contributed by atoms with Crippen molar-refractivity contribution in [3.8, 4) is 0 Å². The summed E-state index contributed by atoms with van der Waals surface area (Å²) in [6.45, 7) is 5.07. The highest BCUT2D eigenvalue weighted by atomic mass is 35.5. The van der Waals surface area contributed by atoms with Crippen molar-refractivity contribution in [1.29, 1.82) is 0 Å². The maximum Gasteiger partial charge on any atom is 0.0499 e. The van der Waals surface area contributed by atoms with Gasteiger partial charge in [-0.15, -0.1) is 0 Å². The molecule has 78 valence electrons. The molecule has 0 aliphatic carbocycles. The van der Waals surface area contributed by atoms with E-state index in [1.54, 1.807) is 0 Å². The fourth-order valence-corrected chi connectivity index (χ4v) is 1.72. The van der Waals surface area contributed by atoms with E-state index in [1.165, 1.54) is 16.5 Å². The summed E-state index contributed by atoms with van der Waals surface area (Å²) < 4.78 is 0. The van der Waals surface area contributed by atoms with E-state index in [4.69, 9.17) is 11.6 Å². The van der Waals surface area contributed by atoms with Crippen LogP contribution in [0.1, 0.15) is 5.56 Å². The Morgan fingerprint density at radius 1 is 1.40 bits per heavy atom. The maximum absolute atomic E-state index is 5.68. The van der Waals surface area contributed by atoms with E-state index in [-0.39, 0.29) is 0 Å². The molecule has 0 aliphatic heterocycles. The summed E-state index contributed by atoms with van der Waals surface area (Å²) in [6, 6.07) is 8.32. The minimum absolute atomic E-state index is 0.633. The molecule has 2 aromatic rings. The lowest BCUT2D eigenvalue weighted by atomic mass is 10.1. The molecule has 0 spiro atoms. The van der Waals surface area contributed by atoms with Crippen LogP contribution < -0.4 is 5.32 Å².